The van der Waals surface area contributed by atoms with Gasteiger partial charge >= 0.3 is 0 Å². The number of hydrogen-bond acceptors (Lipinski definition) is 2. The number of aliphatic imine (C=N–C) groups is 1. The van der Waals surface area contributed by atoms with Gasteiger partial charge in [0.25, 0.3) is 0 Å². The lowest BCUT2D eigenvalue weighted by Gasteiger charge is -2.36. The van der Waals surface area contributed by atoms with Crippen LogP contribution in [0.5, 0.6) is 0 Å². The minimum atomic E-state index is -0.227. The Balaban J connectivity index is 0.00000225. The van der Waals surface area contributed by atoms with E-state index in [0.717, 1.165) is 24.1 Å². The van der Waals surface area contributed by atoms with Crippen LogP contribution >= 0.6 is 24.0 Å². The molecule has 1 heterocycles. The first kappa shape index (κ1) is 19.7. The van der Waals surface area contributed by atoms with E-state index in [0.29, 0.717) is 25.7 Å². The zero-order valence-corrected chi connectivity index (χ0v) is 16.3. The number of anilines is 1. The Kier molecular flexibility index (Phi) is 7.19. The number of nitrogens with one attached hydrogen (secondary N) is 1. The number of para-hydroxylation sites is 1. The molecule has 0 amide bonds. The summed E-state index contributed by atoms with van der Waals surface area (Å²) in [5.74, 6) is 0.156. The second kappa shape index (κ2) is 9.15. The molecule has 0 aromatic heterocycles. The van der Waals surface area contributed by atoms with E-state index in [1.165, 1.54) is 12.1 Å². The summed E-state index contributed by atoms with van der Waals surface area (Å²) in [7, 11) is 0. The monoisotopic (exact) mass is 455 g/mol. The molecule has 6 heteroatoms. The summed E-state index contributed by atoms with van der Waals surface area (Å²) in [6.07, 6.45) is 1.70. The van der Waals surface area contributed by atoms with Crippen LogP contribution in [-0.4, -0.2) is 25.7 Å². The average molecular weight is 455 g/mol. The van der Waals surface area contributed by atoms with E-state index in [-0.39, 0.29) is 35.2 Å². The lowest BCUT2D eigenvalue weighted by atomic mass is 9.74. The highest BCUT2D eigenvalue weighted by molar-refractivity contribution is 14.0. The van der Waals surface area contributed by atoms with Gasteiger partial charge in [-0.1, -0.05) is 30.3 Å². The largest absolute Gasteiger partial charge is 0.381 e. The molecular formula is C19H23FIN3O. The number of rotatable bonds is 4. The highest BCUT2D eigenvalue weighted by Gasteiger charge is 2.34. The summed E-state index contributed by atoms with van der Waals surface area (Å²) in [4.78, 5) is 4.55. The third-order valence-corrected chi connectivity index (χ3v) is 4.50. The third kappa shape index (κ3) is 5.15. The molecule has 0 unspecified atom stereocenters. The third-order valence-electron chi connectivity index (χ3n) is 4.50. The first-order chi connectivity index (χ1) is 11.7. The smallest absolute Gasteiger partial charge is 0.193 e. The molecule has 0 saturated carbocycles. The molecule has 2 aromatic rings. The van der Waals surface area contributed by atoms with Crippen molar-refractivity contribution in [3.05, 3.63) is 66.0 Å². The molecule has 1 aliphatic heterocycles. The molecule has 0 spiro atoms. The van der Waals surface area contributed by atoms with Crippen molar-refractivity contribution < 1.29 is 9.13 Å². The van der Waals surface area contributed by atoms with Crippen LogP contribution < -0.4 is 11.1 Å². The van der Waals surface area contributed by atoms with Crippen molar-refractivity contribution in [3.63, 3.8) is 0 Å². The Morgan fingerprint density at radius 3 is 2.36 bits per heavy atom. The van der Waals surface area contributed by atoms with Crippen molar-refractivity contribution in [1.29, 1.82) is 0 Å². The quantitative estimate of drug-likeness (QED) is 0.418. The molecule has 3 rings (SSSR count). The van der Waals surface area contributed by atoms with Gasteiger partial charge in [-0.3, -0.25) is 4.99 Å². The highest BCUT2D eigenvalue weighted by atomic mass is 127. The SMILES string of the molecule is I.NC(=NCC1(c2ccc(F)cc2)CCOCC1)Nc1ccccc1. The minimum absolute atomic E-state index is 0. The van der Waals surface area contributed by atoms with E-state index in [1.54, 1.807) is 0 Å². The van der Waals surface area contributed by atoms with Gasteiger partial charge in [0, 0.05) is 24.3 Å². The van der Waals surface area contributed by atoms with Crippen LogP contribution in [0.25, 0.3) is 0 Å². The molecule has 4 nitrogen and oxygen atoms in total. The van der Waals surface area contributed by atoms with Crippen molar-refractivity contribution in [2.24, 2.45) is 10.7 Å². The molecule has 1 saturated heterocycles. The van der Waals surface area contributed by atoms with E-state index < -0.39 is 0 Å². The summed E-state index contributed by atoms with van der Waals surface area (Å²) in [5.41, 5.74) is 7.86. The molecule has 0 radical (unpaired) electrons. The van der Waals surface area contributed by atoms with E-state index >= 15 is 0 Å². The molecule has 1 aliphatic rings. The normalized spacial score (nSPS) is 16.8. The van der Waals surface area contributed by atoms with Gasteiger partial charge in [0.05, 0.1) is 6.54 Å². The Morgan fingerprint density at radius 2 is 1.72 bits per heavy atom. The molecule has 134 valence electrons. The van der Waals surface area contributed by atoms with Crippen molar-refractivity contribution in [2.45, 2.75) is 18.3 Å². The number of hydrogen-bond donors (Lipinski definition) is 2. The molecule has 0 atom stereocenters. The number of nitrogens with two attached hydrogens (primary N) is 1. The van der Waals surface area contributed by atoms with Crippen LogP contribution in [0.4, 0.5) is 10.1 Å². The number of benzene rings is 2. The molecule has 25 heavy (non-hydrogen) atoms. The first-order valence-corrected chi connectivity index (χ1v) is 8.14. The number of ether oxygens (including phenoxy) is 1. The molecule has 2 aromatic carbocycles. The first-order valence-electron chi connectivity index (χ1n) is 8.14. The summed E-state index contributed by atoms with van der Waals surface area (Å²) in [6.45, 7) is 1.91. The standard InChI is InChI=1S/C19H22FN3O.HI/c20-16-8-6-15(7-9-16)19(10-12-24-13-11-19)14-22-18(21)23-17-4-2-1-3-5-17;/h1-9H,10-14H2,(H3,21,22,23);1H. The van der Waals surface area contributed by atoms with Gasteiger partial charge in [-0.05, 0) is 42.7 Å². The van der Waals surface area contributed by atoms with Crippen LogP contribution in [0.3, 0.4) is 0 Å². The van der Waals surface area contributed by atoms with Crippen LogP contribution in [0.2, 0.25) is 0 Å². The fourth-order valence-corrected chi connectivity index (χ4v) is 3.05. The van der Waals surface area contributed by atoms with Gasteiger partial charge in [-0.2, -0.15) is 0 Å². The molecule has 0 aliphatic carbocycles. The van der Waals surface area contributed by atoms with Gasteiger partial charge < -0.3 is 15.8 Å². The van der Waals surface area contributed by atoms with Crippen LogP contribution in [0.1, 0.15) is 18.4 Å². The van der Waals surface area contributed by atoms with E-state index in [2.05, 4.69) is 10.3 Å². The van der Waals surface area contributed by atoms with Gasteiger partial charge in [-0.25, -0.2) is 4.39 Å². The van der Waals surface area contributed by atoms with Gasteiger partial charge in [0.1, 0.15) is 5.82 Å². The van der Waals surface area contributed by atoms with E-state index in [4.69, 9.17) is 10.5 Å². The summed E-state index contributed by atoms with van der Waals surface area (Å²) >= 11 is 0. The lowest BCUT2D eigenvalue weighted by Crippen LogP contribution is -2.38. The van der Waals surface area contributed by atoms with Crippen LogP contribution in [0, 0.1) is 5.82 Å². The molecule has 1 fully saturated rings. The Labute approximate surface area is 164 Å². The second-order valence-corrected chi connectivity index (χ2v) is 6.09. The van der Waals surface area contributed by atoms with E-state index in [1.807, 2.05) is 42.5 Å². The Bertz CT molecular complexity index is 686. The molecule has 0 bridgehead atoms. The maximum Gasteiger partial charge on any atom is 0.193 e. The summed E-state index contributed by atoms with van der Waals surface area (Å²) < 4.78 is 18.8. The summed E-state index contributed by atoms with van der Waals surface area (Å²) in [5, 5.41) is 3.10. The lowest BCUT2D eigenvalue weighted by molar-refractivity contribution is 0.0531. The van der Waals surface area contributed by atoms with Crippen molar-refractivity contribution in [2.75, 3.05) is 25.1 Å². The fraction of sp³-hybridized carbons (Fsp3) is 0.316. The van der Waals surface area contributed by atoms with Gasteiger partial charge in [0.15, 0.2) is 5.96 Å². The van der Waals surface area contributed by atoms with Crippen molar-refractivity contribution in [3.8, 4) is 0 Å². The van der Waals surface area contributed by atoms with Crippen molar-refractivity contribution in [1.82, 2.24) is 0 Å². The predicted octanol–water partition coefficient (Wildman–Crippen LogP) is 3.92. The number of nitrogens with zero attached hydrogens (tertiary/aromatic N) is 1. The number of guanidine groups is 1. The topological polar surface area (TPSA) is 59.6 Å². The minimum Gasteiger partial charge on any atom is -0.381 e. The van der Waals surface area contributed by atoms with E-state index in [9.17, 15) is 4.39 Å². The predicted molar refractivity (Wildman–Crippen MR) is 110 cm³/mol. The van der Waals surface area contributed by atoms with Crippen LogP contribution in [-0.2, 0) is 10.2 Å². The number of halogens is 2. The average Bonchev–Trinajstić information content (AvgIpc) is 2.62. The second-order valence-electron chi connectivity index (χ2n) is 6.09. The maximum absolute atomic E-state index is 13.3. The Hall–Kier alpha value is -1.67. The highest BCUT2D eigenvalue weighted by Crippen LogP contribution is 2.35. The van der Waals surface area contributed by atoms with Gasteiger partial charge in [-0.15, -0.1) is 24.0 Å². The molecule has 3 N–H and O–H groups in total. The zero-order valence-electron chi connectivity index (χ0n) is 14.0. The Morgan fingerprint density at radius 1 is 1.08 bits per heavy atom. The molecular weight excluding hydrogens is 432 g/mol. The zero-order chi connectivity index (χ0) is 16.8. The summed E-state index contributed by atoms with van der Waals surface area (Å²) in [6, 6.07) is 16.4. The van der Waals surface area contributed by atoms with Crippen molar-refractivity contribution >= 4 is 35.6 Å². The van der Waals surface area contributed by atoms with Crippen LogP contribution in [0.15, 0.2) is 59.6 Å². The fourth-order valence-electron chi connectivity index (χ4n) is 3.05. The van der Waals surface area contributed by atoms with Gasteiger partial charge in [0.2, 0.25) is 0 Å². The maximum atomic E-state index is 13.3.